The molecule has 0 aromatic rings. The van der Waals surface area contributed by atoms with E-state index in [9.17, 15) is 14.7 Å². The molecule has 0 spiro atoms. The molecule has 0 aliphatic carbocycles. The van der Waals surface area contributed by atoms with Gasteiger partial charge in [-0.2, -0.15) is 11.8 Å². The lowest BCUT2D eigenvalue weighted by Crippen LogP contribution is -2.63. The summed E-state index contributed by atoms with van der Waals surface area (Å²) < 4.78 is 5.97. The third-order valence-electron chi connectivity index (χ3n) is 3.63. The van der Waals surface area contributed by atoms with Crippen molar-refractivity contribution in [3.8, 4) is 0 Å². The van der Waals surface area contributed by atoms with E-state index in [1.54, 1.807) is 16.7 Å². The number of morpholine rings is 1. The van der Waals surface area contributed by atoms with Crippen molar-refractivity contribution in [2.75, 3.05) is 31.1 Å². The summed E-state index contributed by atoms with van der Waals surface area (Å²) in [5.41, 5.74) is -0.860. The summed E-state index contributed by atoms with van der Waals surface area (Å²) >= 11 is 1.58. The van der Waals surface area contributed by atoms with Crippen LogP contribution in [0, 0.1) is 0 Å². The molecular formula is C14H24N2O4S. The summed E-state index contributed by atoms with van der Waals surface area (Å²) in [7, 11) is 0. The zero-order chi connectivity index (χ0) is 15.8. The molecule has 0 aromatic carbocycles. The van der Waals surface area contributed by atoms with Crippen molar-refractivity contribution < 1.29 is 19.4 Å². The molecule has 1 N–H and O–H groups in total. The van der Waals surface area contributed by atoms with E-state index in [0.29, 0.717) is 25.4 Å². The number of urea groups is 1. The van der Waals surface area contributed by atoms with Crippen molar-refractivity contribution in [3.05, 3.63) is 0 Å². The first kappa shape index (κ1) is 16.4. The fourth-order valence-corrected chi connectivity index (χ4v) is 4.18. The summed E-state index contributed by atoms with van der Waals surface area (Å²) in [5, 5.41) is 9.31. The average molecular weight is 316 g/mol. The molecule has 120 valence electrons. The average Bonchev–Trinajstić information content (AvgIpc) is 2.34. The fourth-order valence-electron chi connectivity index (χ4n) is 3.14. The first-order valence-corrected chi connectivity index (χ1v) is 8.33. The minimum Gasteiger partial charge on any atom is -0.480 e. The number of amides is 2. The van der Waals surface area contributed by atoms with Crippen LogP contribution in [0.25, 0.3) is 0 Å². The van der Waals surface area contributed by atoms with Gasteiger partial charge in [-0.05, 0) is 27.7 Å². The lowest BCUT2D eigenvalue weighted by atomic mass is 9.99. The number of carbonyl (C=O) groups is 2. The summed E-state index contributed by atoms with van der Waals surface area (Å²) in [6.07, 6.45) is 0. The third-order valence-corrected chi connectivity index (χ3v) is 4.65. The summed E-state index contributed by atoms with van der Waals surface area (Å²) in [4.78, 5) is 27.4. The van der Waals surface area contributed by atoms with Crippen molar-refractivity contribution >= 4 is 23.8 Å². The number of carboxylic acids is 1. The quantitative estimate of drug-likeness (QED) is 0.794. The number of hydrogen-bond acceptors (Lipinski definition) is 4. The maximum absolute atomic E-state index is 12.8. The molecule has 2 saturated heterocycles. The summed E-state index contributed by atoms with van der Waals surface area (Å²) in [6, 6.07) is -0.919. The van der Waals surface area contributed by atoms with Crippen LogP contribution in [-0.4, -0.2) is 75.3 Å². The van der Waals surface area contributed by atoms with Crippen LogP contribution in [0.2, 0.25) is 0 Å². The second kappa shape index (κ2) is 5.68. The molecule has 7 heteroatoms. The minimum atomic E-state index is -0.928. The van der Waals surface area contributed by atoms with Gasteiger partial charge < -0.3 is 19.6 Å². The number of ether oxygens (including phenoxy) is 1. The van der Waals surface area contributed by atoms with Crippen molar-refractivity contribution in [2.45, 2.75) is 44.9 Å². The second-order valence-electron chi connectivity index (χ2n) is 6.88. The van der Waals surface area contributed by atoms with Gasteiger partial charge in [-0.25, -0.2) is 9.59 Å². The largest absolute Gasteiger partial charge is 0.480 e. The normalized spacial score (nSPS) is 28.3. The topological polar surface area (TPSA) is 70.1 Å². The van der Waals surface area contributed by atoms with Crippen molar-refractivity contribution in [1.82, 2.24) is 9.80 Å². The van der Waals surface area contributed by atoms with E-state index in [-0.39, 0.29) is 6.03 Å². The van der Waals surface area contributed by atoms with Crippen molar-refractivity contribution in [3.63, 3.8) is 0 Å². The Labute approximate surface area is 129 Å². The van der Waals surface area contributed by atoms with Gasteiger partial charge in [-0.3, -0.25) is 0 Å². The van der Waals surface area contributed by atoms with Crippen LogP contribution in [0.3, 0.4) is 0 Å². The second-order valence-corrected chi connectivity index (χ2v) is 8.03. The van der Waals surface area contributed by atoms with Crippen molar-refractivity contribution in [2.24, 2.45) is 0 Å². The first-order chi connectivity index (χ1) is 9.61. The molecule has 2 aliphatic rings. The highest BCUT2D eigenvalue weighted by Gasteiger charge is 2.43. The molecular weight excluding hydrogens is 292 g/mol. The molecule has 1 unspecified atom stereocenters. The number of carboxylic acid groups (broad SMARTS) is 1. The van der Waals surface area contributed by atoms with Crippen LogP contribution in [0.15, 0.2) is 0 Å². The highest BCUT2D eigenvalue weighted by molar-refractivity contribution is 7.99. The third kappa shape index (κ3) is 3.83. The number of thioether (sulfide) groups is 1. The Bertz CT molecular complexity index is 423. The van der Waals surface area contributed by atoms with E-state index < -0.39 is 23.2 Å². The van der Waals surface area contributed by atoms with Crippen LogP contribution in [0.1, 0.15) is 27.7 Å². The minimum absolute atomic E-state index is 0.188. The number of carbonyl (C=O) groups excluding carboxylic acids is 1. The lowest BCUT2D eigenvalue weighted by Gasteiger charge is -2.48. The van der Waals surface area contributed by atoms with E-state index in [4.69, 9.17) is 4.74 Å². The Morgan fingerprint density at radius 1 is 1.19 bits per heavy atom. The summed E-state index contributed by atoms with van der Waals surface area (Å²) in [5.74, 6) is 0.313. The van der Waals surface area contributed by atoms with E-state index in [1.807, 2.05) is 27.7 Å². The number of nitrogens with zero attached hydrogens (tertiary/aromatic N) is 2. The molecule has 21 heavy (non-hydrogen) atoms. The van der Waals surface area contributed by atoms with Crippen LogP contribution < -0.4 is 0 Å². The Morgan fingerprint density at radius 3 is 2.29 bits per heavy atom. The van der Waals surface area contributed by atoms with Gasteiger partial charge in [0.15, 0.2) is 0 Å². The molecule has 0 radical (unpaired) electrons. The number of hydrogen-bond donors (Lipinski definition) is 1. The van der Waals surface area contributed by atoms with Gasteiger partial charge >= 0.3 is 12.0 Å². The van der Waals surface area contributed by atoms with Gasteiger partial charge in [-0.1, -0.05) is 0 Å². The lowest BCUT2D eigenvalue weighted by molar-refractivity contribution is -0.172. The molecule has 0 aromatic heterocycles. The monoisotopic (exact) mass is 316 g/mol. The van der Waals surface area contributed by atoms with Gasteiger partial charge in [-0.15, -0.1) is 0 Å². The zero-order valence-corrected chi connectivity index (χ0v) is 13.9. The van der Waals surface area contributed by atoms with Gasteiger partial charge in [0, 0.05) is 18.1 Å². The first-order valence-electron chi connectivity index (χ1n) is 7.18. The van der Waals surface area contributed by atoms with E-state index >= 15 is 0 Å². The van der Waals surface area contributed by atoms with Crippen LogP contribution in [0.4, 0.5) is 4.79 Å². The maximum atomic E-state index is 12.8. The Hall–Kier alpha value is -0.950. The highest BCUT2D eigenvalue weighted by atomic mass is 32.2. The van der Waals surface area contributed by atoms with Crippen LogP contribution in [-0.2, 0) is 9.53 Å². The van der Waals surface area contributed by atoms with Gasteiger partial charge in [0.1, 0.15) is 6.04 Å². The van der Waals surface area contributed by atoms with Gasteiger partial charge in [0.05, 0.1) is 24.3 Å². The van der Waals surface area contributed by atoms with Gasteiger partial charge in [0.2, 0.25) is 0 Å². The zero-order valence-electron chi connectivity index (χ0n) is 13.1. The van der Waals surface area contributed by atoms with E-state index in [1.165, 1.54) is 4.90 Å². The van der Waals surface area contributed by atoms with E-state index in [0.717, 1.165) is 5.75 Å². The predicted octanol–water partition coefficient (Wildman–Crippen LogP) is 1.50. The Balaban J connectivity index is 2.16. The molecule has 2 amide bonds. The summed E-state index contributed by atoms with van der Waals surface area (Å²) in [6.45, 7) is 9.25. The van der Waals surface area contributed by atoms with Crippen LogP contribution >= 0.6 is 11.8 Å². The SMILES string of the molecule is CC1(C)CN(C(=O)N2CCSCC2C(=O)O)CC(C)(C)O1. The smallest absolute Gasteiger partial charge is 0.327 e. The molecule has 2 aliphatic heterocycles. The molecule has 6 nitrogen and oxygen atoms in total. The van der Waals surface area contributed by atoms with Crippen LogP contribution in [0.5, 0.6) is 0 Å². The molecule has 0 bridgehead atoms. The molecule has 0 saturated carbocycles. The number of aliphatic carboxylic acids is 1. The Morgan fingerprint density at radius 2 is 1.76 bits per heavy atom. The molecule has 2 heterocycles. The maximum Gasteiger partial charge on any atom is 0.327 e. The van der Waals surface area contributed by atoms with Crippen molar-refractivity contribution in [1.29, 1.82) is 0 Å². The predicted molar refractivity (Wildman–Crippen MR) is 81.7 cm³/mol. The molecule has 2 rings (SSSR count). The molecule has 2 fully saturated rings. The number of rotatable bonds is 1. The standard InChI is InChI=1S/C14H24N2O4S/c1-13(2)8-15(9-14(3,4)20-13)12(19)16-5-6-21-7-10(16)11(17)18/h10H,5-9H2,1-4H3,(H,17,18). The fraction of sp³-hybridized carbons (Fsp3) is 0.857. The highest BCUT2D eigenvalue weighted by Crippen LogP contribution is 2.29. The van der Waals surface area contributed by atoms with E-state index in [2.05, 4.69) is 0 Å². The van der Waals surface area contributed by atoms with Gasteiger partial charge in [0.25, 0.3) is 0 Å². The molecule has 1 atom stereocenters. The Kier molecular flexibility index (Phi) is 4.44.